The second kappa shape index (κ2) is 6.52. The molecule has 1 heterocycles. The quantitative estimate of drug-likeness (QED) is 0.736. The highest BCUT2D eigenvalue weighted by Gasteiger charge is 2.40. The second-order valence-corrected chi connectivity index (χ2v) is 7.85. The average Bonchev–Trinajstić information content (AvgIpc) is 3.15. The largest absolute Gasteiger partial charge is 0.308 e. The van der Waals surface area contributed by atoms with E-state index in [-0.39, 0.29) is 6.04 Å². The summed E-state index contributed by atoms with van der Waals surface area (Å²) in [4.78, 5) is 2.05. The van der Waals surface area contributed by atoms with Gasteiger partial charge in [-0.1, -0.05) is 12.8 Å². The van der Waals surface area contributed by atoms with Crippen LogP contribution in [0.15, 0.2) is 0 Å². The van der Waals surface area contributed by atoms with Gasteiger partial charge in [0.05, 0.1) is 0 Å². The SMILES string of the molecule is CN(C)CCN(C1CC1)S(=O)(=O)N1CCCCCC1. The first kappa shape index (κ1) is 15.2. The normalized spacial score (nSPS) is 22.9. The number of nitrogens with zero attached hydrogens (tertiary/aromatic N) is 3. The molecule has 0 N–H and O–H groups in total. The summed E-state index contributed by atoms with van der Waals surface area (Å²) in [5, 5.41) is 0. The molecule has 2 rings (SSSR count). The topological polar surface area (TPSA) is 43.9 Å². The van der Waals surface area contributed by atoms with Crippen LogP contribution in [0.1, 0.15) is 38.5 Å². The fourth-order valence-corrected chi connectivity index (χ4v) is 4.48. The molecule has 6 heteroatoms. The van der Waals surface area contributed by atoms with Crippen LogP contribution in [0.25, 0.3) is 0 Å². The number of rotatable bonds is 6. The molecule has 1 saturated carbocycles. The van der Waals surface area contributed by atoms with Gasteiger partial charge < -0.3 is 4.90 Å². The Bertz CT molecular complexity index is 371. The lowest BCUT2D eigenvalue weighted by atomic mass is 10.2. The third kappa shape index (κ3) is 4.15. The van der Waals surface area contributed by atoms with Gasteiger partial charge in [-0.15, -0.1) is 0 Å². The number of hydrogen-bond acceptors (Lipinski definition) is 3. The first-order valence-corrected chi connectivity index (χ1v) is 8.83. The Morgan fingerprint density at radius 3 is 2.05 bits per heavy atom. The molecule has 1 saturated heterocycles. The van der Waals surface area contributed by atoms with Gasteiger partial charge in [0.15, 0.2) is 0 Å². The molecule has 2 aliphatic rings. The van der Waals surface area contributed by atoms with E-state index in [1.54, 1.807) is 8.61 Å². The molecule has 0 aromatic carbocycles. The van der Waals surface area contributed by atoms with Gasteiger partial charge in [-0.2, -0.15) is 17.0 Å². The summed E-state index contributed by atoms with van der Waals surface area (Å²) >= 11 is 0. The van der Waals surface area contributed by atoms with E-state index in [1.165, 1.54) is 0 Å². The van der Waals surface area contributed by atoms with Crippen LogP contribution in [-0.4, -0.2) is 68.2 Å². The third-order valence-corrected chi connectivity index (χ3v) is 6.00. The van der Waals surface area contributed by atoms with Gasteiger partial charge in [0.2, 0.25) is 0 Å². The maximum Gasteiger partial charge on any atom is 0.282 e. The molecule has 5 nitrogen and oxygen atoms in total. The smallest absolute Gasteiger partial charge is 0.282 e. The van der Waals surface area contributed by atoms with Gasteiger partial charge in [0.1, 0.15) is 0 Å². The first-order chi connectivity index (χ1) is 9.01. The van der Waals surface area contributed by atoms with Crippen molar-refractivity contribution in [2.45, 2.75) is 44.6 Å². The Morgan fingerprint density at radius 1 is 1.00 bits per heavy atom. The standard InChI is InChI=1S/C13H27N3O2S/c1-14(2)11-12-16(13-7-8-13)19(17,18)15-9-5-3-4-6-10-15/h13H,3-12H2,1-2H3. The van der Waals surface area contributed by atoms with E-state index in [0.29, 0.717) is 19.6 Å². The van der Waals surface area contributed by atoms with Crippen LogP contribution in [0.3, 0.4) is 0 Å². The predicted molar refractivity (Wildman–Crippen MR) is 77.2 cm³/mol. The second-order valence-electron chi connectivity index (χ2n) is 5.97. The molecule has 0 aromatic rings. The molecule has 1 aliphatic carbocycles. The molecule has 19 heavy (non-hydrogen) atoms. The van der Waals surface area contributed by atoms with Gasteiger partial charge in [0.25, 0.3) is 10.2 Å². The Kier molecular flexibility index (Phi) is 5.22. The van der Waals surface area contributed by atoms with Crippen LogP contribution in [0.2, 0.25) is 0 Å². The van der Waals surface area contributed by atoms with Crippen molar-refractivity contribution in [3.05, 3.63) is 0 Å². The van der Waals surface area contributed by atoms with Crippen LogP contribution in [0.5, 0.6) is 0 Å². The molecule has 0 bridgehead atoms. The summed E-state index contributed by atoms with van der Waals surface area (Å²) in [6.45, 7) is 2.82. The number of hydrogen-bond donors (Lipinski definition) is 0. The summed E-state index contributed by atoms with van der Waals surface area (Å²) in [6.07, 6.45) is 6.39. The van der Waals surface area contributed by atoms with Gasteiger partial charge in [-0.05, 0) is 39.8 Å². The van der Waals surface area contributed by atoms with Crippen molar-refractivity contribution in [2.75, 3.05) is 40.3 Å². The van der Waals surface area contributed by atoms with Crippen molar-refractivity contribution in [3.63, 3.8) is 0 Å². The molecule has 0 aromatic heterocycles. The molecule has 0 radical (unpaired) electrons. The number of likely N-dealkylation sites (N-methyl/N-ethyl adjacent to an activating group) is 1. The molecule has 112 valence electrons. The van der Waals surface area contributed by atoms with E-state index in [0.717, 1.165) is 45.1 Å². The molecule has 0 amide bonds. The van der Waals surface area contributed by atoms with Crippen molar-refractivity contribution < 1.29 is 8.42 Å². The Hall–Kier alpha value is -0.170. The van der Waals surface area contributed by atoms with Gasteiger partial charge in [-0.3, -0.25) is 0 Å². The lowest BCUT2D eigenvalue weighted by molar-refractivity contribution is 0.299. The highest BCUT2D eigenvalue weighted by molar-refractivity contribution is 7.86. The van der Waals surface area contributed by atoms with E-state index in [2.05, 4.69) is 0 Å². The zero-order valence-corrected chi connectivity index (χ0v) is 13.0. The van der Waals surface area contributed by atoms with E-state index in [9.17, 15) is 8.42 Å². The minimum atomic E-state index is -3.24. The Labute approximate surface area is 117 Å². The van der Waals surface area contributed by atoms with Gasteiger partial charge in [0, 0.05) is 32.2 Å². The fourth-order valence-electron chi connectivity index (χ4n) is 2.57. The van der Waals surface area contributed by atoms with Gasteiger partial charge in [-0.25, -0.2) is 0 Å². The summed E-state index contributed by atoms with van der Waals surface area (Å²) in [5.74, 6) is 0. The Morgan fingerprint density at radius 2 is 1.58 bits per heavy atom. The molecule has 0 atom stereocenters. The van der Waals surface area contributed by atoms with Crippen molar-refractivity contribution in [1.29, 1.82) is 0 Å². The average molecular weight is 289 g/mol. The van der Waals surface area contributed by atoms with Crippen molar-refractivity contribution >= 4 is 10.2 Å². The molecule has 0 unspecified atom stereocenters. The predicted octanol–water partition coefficient (Wildman–Crippen LogP) is 1.13. The zero-order valence-electron chi connectivity index (χ0n) is 12.2. The lowest BCUT2D eigenvalue weighted by Gasteiger charge is -2.30. The highest BCUT2D eigenvalue weighted by Crippen LogP contribution is 2.31. The van der Waals surface area contributed by atoms with Crippen molar-refractivity contribution in [2.24, 2.45) is 0 Å². The molecule has 0 spiro atoms. The monoisotopic (exact) mass is 289 g/mol. The van der Waals surface area contributed by atoms with Crippen LogP contribution < -0.4 is 0 Å². The molecular weight excluding hydrogens is 262 g/mol. The minimum Gasteiger partial charge on any atom is -0.308 e. The minimum absolute atomic E-state index is 0.258. The molecular formula is C13H27N3O2S. The molecule has 2 fully saturated rings. The lowest BCUT2D eigenvalue weighted by Crippen LogP contribution is -2.47. The maximum atomic E-state index is 12.8. The van der Waals surface area contributed by atoms with E-state index >= 15 is 0 Å². The van der Waals surface area contributed by atoms with E-state index in [1.807, 2.05) is 19.0 Å². The van der Waals surface area contributed by atoms with Crippen LogP contribution in [0.4, 0.5) is 0 Å². The van der Waals surface area contributed by atoms with Gasteiger partial charge >= 0.3 is 0 Å². The van der Waals surface area contributed by atoms with E-state index < -0.39 is 10.2 Å². The van der Waals surface area contributed by atoms with Crippen molar-refractivity contribution in [3.8, 4) is 0 Å². The Balaban J connectivity index is 2.04. The van der Waals surface area contributed by atoms with E-state index in [4.69, 9.17) is 0 Å². The molecule has 1 aliphatic heterocycles. The van der Waals surface area contributed by atoms with Crippen LogP contribution in [-0.2, 0) is 10.2 Å². The fraction of sp³-hybridized carbons (Fsp3) is 1.00. The van der Waals surface area contributed by atoms with Crippen molar-refractivity contribution in [1.82, 2.24) is 13.5 Å². The third-order valence-electron chi connectivity index (χ3n) is 3.91. The van der Waals surface area contributed by atoms with Crippen LogP contribution in [0, 0.1) is 0 Å². The highest BCUT2D eigenvalue weighted by atomic mass is 32.2. The first-order valence-electron chi connectivity index (χ1n) is 7.43. The summed E-state index contributed by atoms with van der Waals surface area (Å²) in [6, 6.07) is 0.258. The summed E-state index contributed by atoms with van der Waals surface area (Å²) in [5.41, 5.74) is 0. The maximum absolute atomic E-state index is 12.8. The van der Waals surface area contributed by atoms with Crippen LogP contribution >= 0.6 is 0 Å². The zero-order chi connectivity index (χ0) is 13.9. The summed E-state index contributed by atoms with van der Waals surface area (Å²) < 4.78 is 29.0. The summed E-state index contributed by atoms with van der Waals surface area (Å²) in [7, 11) is 0.740.